The van der Waals surface area contributed by atoms with Gasteiger partial charge in [-0.3, -0.25) is 4.79 Å². The second kappa shape index (κ2) is 8.14. The highest BCUT2D eigenvalue weighted by Crippen LogP contribution is 2.25. The van der Waals surface area contributed by atoms with Gasteiger partial charge in [0.25, 0.3) is 5.91 Å². The van der Waals surface area contributed by atoms with Gasteiger partial charge >= 0.3 is 0 Å². The molecule has 1 aliphatic rings. The number of anilines is 1. The van der Waals surface area contributed by atoms with E-state index in [1.807, 2.05) is 44.1 Å². The standard InChI is InChI=1S/C19H24N4O3/c1-4-25-18-14(7-6-10-20-18)19(24)23-11-12-26-16(13-23)15-8-5-9-17(21-15)22(2)3/h5-10,16H,4,11-13H2,1-3H3/t16-/m0/s1. The molecule has 1 aliphatic heterocycles. The minimum Gasteiger partial charge on any atom is -0.477 e. The Bertz CT molecular complexity index is 766. The molecule has 1 atom stereocenters. The Labute approximate surface area is 153 Å². The Morgan fingerprint density at radius 1 is 1.35 bits per heavy atom. The molecule has 0 radical (unpaired) electrons. The van der Waals surface area contributed by atoms with E-state index in [-0.39, 0.29) is 12.0 Å². The Morgan fingerprint density at radius 3 is 2.96 bits per heavy atom. The van der Waals surface area contributed by atoms with Gasteiger partial charge in [0.15, 0.2) is 0 Å². The third-order valence-electron chi connectivity index (χ3n) is 4.18. The summed E-state index contributed by atoms with van der Waals surface area (Å²) < 4.78 is 11.4. The Morgan fingerprint density at radius 2 is 2.19 bits per heavy atom. The highest BCUT2D eigenvalue weighted by molar-refractivity contribution is 5.96. The van der Waals surface area contributed by atoms with Crippen molar-refractivity contribution in [3.05, 3.63) is 47.8 Å². The van der Waals surface area contributed by atoms with Crippen LogP contribution >= 0.6 is 0 Å². The molecule has 2 aromatic heterocycles. The molecular weight excluding hydrogens is 332 g/mol. The van der Waals surface area contributed by atoms with Crippen molar-refractivity contribution in [1.29, 1.82) is 0 Å². The number of ether oxygens (including phenoxy) is 2. The molecule has 3 rings (SSSR count). The number of hydrogen-bond acceptors (Lipinski definition) is 6. The van der Waals surface area contributed by atoms with Crippen molar-refractivity contribution in [2.45, 2.75) is 13.0 Å². The lowest BCUT2D eigenvalue weighted by Gasteiger charge is -2.33. The lowest BCUT2D eigenvalue weighted by Crippen LogP contribution is -2.42. The number of aromatic nitrogens is 2. The summed E-state index contributed by atoms with van der Waals surface area (Å²) in [4.78, 5) is 25.5. The molecule has 1 saturated heterocycles. The predicted molar refractivity (Wildman–Crippen MR) is 98.6 cm³/mol. The smallest absolute Gasteiger partial charge is 0.259 e. The van der Waals surface area contributed by atoms with Crippen molar-refractivity contribution in [2.75, 3.05) is 45.3 Å². The fourth-order valence-corrected chi connectivity index (χ4v) is 2.86. The fourth-order valence-electron chi connectivity index (χ4n) is 2.86. The van der Waals surface area contributed by atoms with Crippen LogP contribution in [-0.4, -0.2) is 61.2 Å². The van der Waals surface area contributed by atoms with Crippen molar-refractivity contribution < 1.29 is 14.3 Å². The molecule has 0 N–H and O–H groups in total. The summed E-state index contributed by atoms with van der Waals surface area (Å²) in [5.74, 6) is 1.13. The van der Waals surface area contributed by atoms with Crippen LogP contribution in [0.3, 0.4) is 0 Å². The molecule has 0 bridgehead atoms. The summed E-state index contributed by atoms with van der Waals surface area (Å²) in [5.41, 5.74) is 1.30. The molecule has 0 aliphatic carbocycles. The average Bonchev–Trinajstić information content (AvgIpc) is 2.68. The SMILES string of the molecule is CCOc1ncccc1C(=O)N1CCO[C@H](c2cccc(N(C)C)n2)C1. The van der Waals surface area contributed by atoms with Crippen molar-refractivity contribution in [3.8, 4) is 5.88 Å². The first-order valence-electron chi connectivity index (χ1n) is 8.73. The third-order valence-corrected chi connectivity index (χ3v) is 4.18. The van der Waals surface area contributed by atoms with Crippen LogP contribution in [0, 0.1) is 0 Å². The zero-order valence-electron chi connectivity index (χ0n) is 15.4. The molecule has 2 aromatic rings. The Kier molecular flexibility index (Phi) is 5.68. The van der Waals surface area contributed by atoms with Crippen molar-refractivity contribution >= 4 is 11.7 Å². The van der Waals surface area contributed by atoms with E-state index in [2.05, 4.69) is 9.97 Å². The summed E-state index contributed by atoms with van der Waals surface area (Å²) in [7, 11) is 3.89. The van der Waals surface area contributed by atoms with Crippen LogP contribution < -0.4 is 9.64 Å². The van der Waals surface area contributed by atoms with Gasteiger partial charge in [-0.15, -0.1) is 0 Å². The van der Waals surface area contributed by atoms with Gasteiger partial charge in [0.2, 0.25) is 5.88 Å². The van der Waals surface area contributed by atoms with Gasteiger partial charge in [-0.2, -0.15) is 0 Å². The molecule has 7 nitrogen and oxygen atoms in total. The molecule has 0 spiro atoms. The van der Waals surface area contributed by atoms with Gasteiger partial charge in [0.05, 0.1) is 25.5 Å². The summed E-state index contributed by atoms with van der Waals surface area (Å²) >= 11 is 0. The summed E-state index contributed by atoms with van der Waals surface area (Å²) in [6.07, 6.45) is 1.38. The van der Waals surface area contributed by atoms with Gasteiger partial charge in [-0.1, -0.05) is 6.07 Å². The number of nitrogens with zero attached hydrogens (tertiary/aromatic N) is 4. The van der Waals surface area contributed by atoms with Crippen LogP contribution in [-0.2, 0) is 4.74 Å². The highest BCUT2D eigenvalue weighted by Gasteiger charge is 2.29. The molecule has 3 heterocycles. The Balaban J connectivity index is 1.78. The van der Waals surface area contributed by atoms with Crippen LogP contribution in [0.25, 0.3) is 0 Å². The van der Waals surface area contributed by atoms with Crippen molar-refractivity contribution in [1.82, 2.24) is 14.9 Å². The fraction of sp³-hybridized carbons (Fsp3) is 0.421. The third kappa shape index (κ3) is 3.94. The lowest BCUT2D eigenvalue weighted by molar-refractivity contribution is -0.0248. The van der Waals surface area contributed by atoms with Crippen LogP contribution in [0.4, 0.5) is 5.82 Å². The maximum absolute atomic E-state index is 13.0. The molecule has 0 aromatic carbocycles. The zero-order chi connectivity index (χ0) is 18.5. The van der Waals surface area contributed by atoms with E-state index in [1.54, 1.807) is 23.2 Å². The van der Waals surface area contributed by atoms with Gasteiger partial charge in [0, 0.05) is 26.8 Å². The first-order chi connectivity index (χ1) is 12.6. The summed E-state index contributed by atoms with van der Waals surface area (Å²) in [5, 5.41) is 0. The number of carbonyl (C=O) groups excluding carboxylic acids is 1. The van der Waals surface area contributed by atoms with Crippen LogP contribution in [0.1, 0.15) is 29.1 Å². The van der Waals surface area contributed by atoms with Crippen LogP contribution in [0.15, 0.2) is 36.5 Å². The number of amides is 1. The lowest BCUT2D eigenvalue weighted by atomic mass is 10.1. The number of carbonyl (C=O) groups is 1. The molecular formula is C19H24N4O3. The maximum Gasteiger partial charge on any atom is 0.259 e. The van der Waals surface area contributed by atoms with E-state index >= 15 is 0 Å². The number of rotatable bonds is 5. The maximum atomic E-state index is 13.0. The zero-order valence-corrected chi connectivity index (χ0v) is 15.4. The molecule has 0 saturated carbocycles. The van der Waals surface area contributed by atoms with E-state index in [4.69, 9.17) is 9.47 Å². The minimum absolute atomic E-state index is 0.0985. The van der Waals surface area contributed by atoms with E-state index in [1.165, 1.54) is 0 Å². The molecule has 1 fully saturated rings. The first kappa shape index (κ1) is 18.1. The van der Waals surface area contributed by atoms with E-state index < -0.39 is 0 Å². The quantitative estimate of drug-likeness (QED) is 0.818. The van der Waals surface area contributed by atoms with E-state index in [9.17, 15) is 4.79 Å². The normalized spacial score (nSPS) is 17.0. The predicted octanol–water partition coefficient (Wildman–Crippen LogP) is 2.16. The van der Waals surface area contributed by atoms with E-state index in [0.29, 0.717) is 37.7 Å². The van der Waals surface area contributed by atoms with Gasteiger partial charge in [-0.05, 0) is 31.2 Å². The van der Waals surface area contributed by atoms with Crippen molar-refractivity contribution in [2.24, 2.45) is 0 Å². The van der Waals surface area contributed by atoms with Crippen LogP contribution in [0.5, 0.6) is 5.88 Å². The van der Waals surface area contributed by atoms with Crippen molar-refractivity contribution in [3.63, 3.8) is 0 Å². The molecule has 26 heavy (non-hydrogen) atoms. The molecule has 0 unspecified atom stereocenters. The van der Waals surface area contributed by atoms with Gasteiger partial charge in [0.1, 0.15) is 17.5 Å². The average molecular weight is 356 g/mol. The van der Waals surface area contributed by atoms with Gasteiger partial charge in [-0.25, -0.2) is 9.97 Å². The second-order valence-corrected chi connectivity index (χ2v) is 6.21. The second-order valence-electron chi connectivity index (χ2n) is 6.21. The topological polar surface area (TPSA) is 67.8 Å². The van der Waals surface area contributed by atoms with E-state index in [0.717, 1.165) is 11.5 Å². The minimum atomic E-state index is -0.250. The summed E-state index contributed by atoms with van der Waals surface area (Å²) in [6.45, 7) is 3.78. The van der Waals surface area contributed by atoms with Crippen LogP contribution in [0.2, 0.25) is 0 Å². The molecule has 138 valence electrons. The highest BCUT2D eigenvalue weighted by atomic mass is 16.5. The number of pyridine rings is 2. The molecule has 7 heteroatoms. The Hall–Kier alpha value is -2.67. The molecule has 1 amide bonds. The monoisotopic (exact) mass is 356 g/mol. The largest absolute Gasteiger partial charge is 0.477 e. The number of hydrogen-bond donors (Lipinski definition) is 0. The summed E-state index contributed by atoms with van der Waals surface area (Å²) in [6, 6.07) is 9.32. The van der Waals surface area contributed by atoms with Gasteiger partial charge < -0.3 is 19.3 Å². The number of morpholine rings is 1. The first-order valence-corrected chi connectivity index (χ1v) is 8.73.